The molecule has 0 spiro atoms. The molecule has 1 aliphatic heterocycles. The Labute approximate surface area is 203 Å². The Bertz CT molecular complexity index is 1120. The lowest BCUT2D eigenvalue weighted by atomic mass is 9.92. The highest BCUT2D eigenvalue weighted by Gasteiger charge is 2.24. The van der Waals surface area contributed by atoms with Gasteiger partial charge in [-0.3, -0.25) is 4.98 Å². The normalized spacial score (nSPS) is 16.3. The summed E-state index contributed by atoms with van der Waals surface area (Å²) in [5, 5.41) is 6.86. The molecule has 1 aromatic heterocycles. The number of pyridine rings is 1. The predicted octanol–water partition coefficient (Wildman–Crippen LogP) is 6.74. The van der Waals surface area contributed by atoms with E-state index in [4.69, 9.17) is 9.47 Å². The smallest absolute Gasteiger partial charge is 0.340 e. The molecule has 1 atom stereocenters. The number of methoxy groups -OCH3 is 1. The van der Waals surface area contributed by atoms with Crippen molar-refractivity contribution in [2.45, 2.75) is 44.9 Å². The molecule has 0 unspecified atom stereocenters. The van der Waals surface area contributed by atoms with Gasteiger partial charge in [0.15, 0.2) is 0 Å². The summed E-state index contributed by atoms with van der Waals surface area (Å²) in [4.78, 5) is 16.1. The molecular weight excluding hydrogens is 426 g/mol. The summed E-state index contributed by atoms with van der Waals surface area (Å²) in [5.41, 5.74) is 5.86. The van der Waals surface area contributed by atoms with Crippen molar-refractivity contribution in [3.63, 3.8) is 0 Å². The molecule has 3 aromatic rings. The third-order valence-electron chi connectivity index (χ3n) is 6.19. The van der Waals surface area contributed by atoms with E-state index in [1.807, 2.05) is 13.8 Å². The number of nitrogens with one attached hydrogen (secondary N) is 2. The molecule has 1 aliphatic carbocycles. The van der Waals surface area contributed by atoms with Crippen molar-refractivity contribution < 1.29 is 15.7 Å². The van der Waals surface area contributed by atoms with Gasteiger partial charge in [0.25, 0.3) is 0 Å². The van der Waals surface area contributed by atoms with Crippen molar-refractivity contribution in [1.82, 2.24) is 4.98 Å². The first kappa shape index (κ1) is 23.6. The van der Waals surface area contributed by atoms with E-state index in [0.29, 0.717) is 24.4 Å². The molecule has 1 fully saturated rings. The van der Waals surface area contributed by atoms with Gasteiger partial charge in [0.2, 0.25) is 0 Å². The SMILES string of the molecule is CC.COC(=O)c1ccncc1NC[C@@H]1CCOc2cc(Nc3ccc(C4CC4)cc3)ccc21.[HH]. The minimum Gasteiger partial charge on any atom is -0.493 e. The highest BCUT2D eigenvalue weighted by Crippen LogP contribution is 2.40. The number of fused-ring (bicyclic) bond motifs is 1. The van der Waals surface area contributed by atoms with E-state index in [1.54, 1.807) is 18.5 Å². The van der Waals surface area contributed by atoms with Crippen molar-refractivity contribution >= 4 is 23.0 Å². The number of carbonyl (C=O) groups is 1. The molecule has 2 aromatic carbocycles. The van der Waals surface area contributed by atoms with Gasteiger partial charge in [-0.25, -0.2) is 4.79 Å². The molecule has 2 aliphatic rings. The Balaban J connectivity index is 0.00000111. The lowest BCUT2D eigenvalue weighted by Gasteiger charge is -2.27. The van der Waals surface area contributed by atoms with Gasteiger partial charge in [-0.15, -0.1) is 0 Å². The van der Waals surface area contributed by atoms with Crippen molar-refractivity contribution in [3.8, 4) is 5.75 Å². The number of hydrogen-bond donors (Lipinski definition) is 2. The topological polar surface area (TPSA) is 72.5 Å². The number of nitrogens with zero attached hydrogens (tertiary/aromatic N) is 1. The molecule has 5 rings (SSSR count). The fraction of sp³-hybridized carbons (Fsp3) is 0.357. The van der Waals surface area contributed by atoms with Crippen LogP contribution in [-0.2, 0) is 4.74 Å². The molecule has 180 valence electrons. The zero-order valence-electron chi connectivity index (χ0n) is 20.1. The summed E-state index contributed by atoms with van der Waals surface area (Å²) in [6.07, 6.45) is 6.79. The maximum atomic E-state index is 12.0. The van der Waals surface area contributed by atoms with Crippen LogP contribution in [-0.4, -0.2) is 31.2 Å². The third-order valence-corrected chi connectivity index (χ3v) is 6.19. The lowest BCUT2D eigenvalue weighted by Crippen LogP contribution is -2.21. The zero-order valence-corrected chi connectivity index (χ0v) is 20.1. The Hall–Kier alpha value is -3.54. The Morgan fingerprint density at radius 2 is 1.85 bits per heavy atom. The predicted molar refractivity (Wildman–Crippen MR) is 139 cm³/mol. The van der Waals surface area contributed by atoms with Gasteiger partial charge in [0.05, 0.1) is 31.2 Å². The summed E-state index contributed by atoms with van der Waals surface area (Å²) in [6, 6.07) is 16.7. The number of anilines is 3. The molecular formula is C28H35N3O3. The Kier molecular flexibility index (Phi) is 7.68. The highest BCUT2D eigenvalue weighted by atomic mass is 16.5. The molecule has 0 bridgehead atoms. The average molecular weight is 462 g/mol. The first-order valence-corrected chi connectivity index (χ1v) is 12.1. The van der Waals surface area contributed by atoms with Crippen molar-refractivity contribution in [2.24, 2.45) is 0 Å². The molecule has 1 saturated carbocycles. The molecule has 6 heteroatoms. The lowest BCUT2D eigenvalue weighted by molar-refractivity contribution is 0.0601. The summed E-state index contributed by atoms with van der Waals surface area (Å²) in [5.74, 6) is 1.57. The second kappa shape index (κ2) is 11.1. The zero-order chi connectivity index (χ0) is 23.9. The van der Waals surface area contributed by atoms with Crippen LogP contribution in [0.1, 0.15) is 67.9 Å². The van der Waals surface area contributed by atoms with Crippen LogP contribution in [0.15, 0.2) is 60.9 Å². The quantitative estimate of drug-likeness (QED) is 0.380. The van der Waals surface area contributed by atoms with Crippen LogP contribution >= 0.6 is 0 Å². The van der Waals surface area contributed by atoms with E-state index in [9.17, 15) is 4.79 Å². The van der Waals surface area contributed by atoms with Gasteiger partial charge < -0.3 is 20.1 Å². The summed E-state index contributed by atoms with van der Waals surface area (Å²) in [7, 11) is 1.38. The fourth-order valence-corrected chi connectivity index (χ4v) is 4.23. The largest absolute Gasteiger partial charge is 0.493 e. The van der Waals surface area contributed by atoms with E-state index in [0.717, 1.165) is 29.5 Å². The number of esters is 1. The van der Waals surface area contributed by atoms with Crippen LogP contribution in [0.25, 0.3) is 0 Å². The Morgan fingerprint density at radius 3 is 2.59 bits per heavy atom. The standard InChI is InChI=1S/C26H27N3O3.C2H6.H2/c1-31-26(30)23-10-12-27-16-24(23)28-15-19-11-13-32-25-14-21(8-9-22(19)25)29-20-6-4-18(5-7-20)17-2-3-17;1-2;/h4-10,12,14,16-17,19,28-29H,2-3,11,13,15H2,1H3;1-2H3;1H/t19-;;/m0../s1. The third kappa shape index (κ3) is 5.50. The molecule has 2 heterocycles. The first-order chi connectivity index (χ1) is 16.7. The molecule has 2 N–H and O–H groups in total. The van der Waals surface area contributed by atoms with E-state index in [1.165, 1.54) is 31.1 Å². The average Bonchev–Trinajstić information content (AvgIpc) is 3.74. The second-order valence-corrected chi connectivity index (χ2v) is 8.40. The van der Waals surface area contributed by atoms with Crippen molar-refractivity contribution in [3.05, 3.63) is 77.6 Å². The number of rotatable bonds is 7. The molecule has 6 nitrogen and oxygen atoms in total. The van der Waals surface area contributed by atoms with Crippen LogP contribution in [0, 0.1) is 0 Å². The highest BCUT2D eigenvalue weighted by molar-refractivity contribution is 5.95. The summed E-state index contributed by atoms with van der Waals surface area (Å²) < 4.78 is 10.8. The monoisotopic (exact) mass is 461 g/mol. The van der Waals surface area contributed by atoms with Crippen LogP contribution in [0.4, 0.5) is 17.1 Å². The molecule has 34 heavy (non-hydrogen) atoms. The molecule has 0 amide bonds. The van der Waals surface area contributed by atoms with E-state index in [2.05, 4.69) is 58.1 Å². The van der Waals surface area contributed by atoms with Gasteiger partial charge in [0, 0.05) is 37.5 Å². The van der Waals surface area contributed by atoms with E-state index in [-0.39, 0.29) is 13.3 Å². The first-order valence-electron chi connectivity index (χ1n) is 12.1. The van der Waals surface area contributed by atoms with Crippen molar-refractivity contribution in [1.29, 1.82) is 0 Å². The van der Waals surface area contributed by atoms with Crippen LogP contribution in [0.3, 0.4) is 0 Å². The van der Waals surface area contributed by atoms with E-state index >= 15 is 0 Å². The number of benzene rings is 2. The maximum absolute atomic E-state index is 12.0. The molecule has 0 radical (unpaired) electrons. The number of ether oxygens (including phenoxy) is 2. The number of hydrogen-bond acceptors (Lipinski definition) is 6. The minimum absolute atomic E-state index is 0. The molecule has 0 saturated heterocycles. The van der Waals surface area contributed by atoms with Gasteiger partial charge in [-0.1, -0.05) is 32.0 Å². The van der Waals surface area contributed by atoms with Crippen molar-refractivity contribution in [2.75, 3.05) is 30.9 Å². The van der Waals surface area contributed by atoms with Crippen LogP contribution in [0.5, 0.6) is 5.75 Å². The maximum Gasteiger partial charge on any atom is 0.340 e. The summed E-state index contributed by atoms with van der Waals surface area (Å²) in [6.45, 7) is 5.34. The van der Waals surface area contributed by atoms with E-state index < -0.39 is 0 Å². The fourth-order valence-electron chi connectivity index (χ4n) is 4.23. The van der Waals surface area contributed by atoms with Gasteiger partial charge in [-0.2, -0.15) is 0 Å². The Morgan fingerprint density at radius 1 is 1.09 bits per heavy atom. The number of aromatic nitrogens is 1. The van der Waals surface area contributed by atoms with Gasteiger partial charge in [0.1, 0.15) is 5.75 Å². The van der Waals surface area contributed by atoms with Gasteiger partial charge >= 0.3 is 5.97 Å². The van der Waals surface area contributed by atoms with Crippen LogP contribution < -0.4 is 15.4 Å². The van der Waals surface area contributed by atoms with Gasteiger partial charge in [-0.05, 0) is 60.6 Å². The summed E-state index contributed by atoms with van der Waals surface area (Å²) >= 11 is 0. The van der Waals surface area contributed by atoms with Crippen LogP contribution in [0.2, 0.25) is 0 Å². The minimum atomic E-state index is -0.372. The number of carbonyl (C=O) groups excluding carboxylic acids is 1. The second-order valence-electron chi connectivity index (χ2n) is 8.40.